The van der Waals surface area contributed by atoms with E-state index >= 15 is 0 Å². The zero-order chi connectivity index (χ0) is 15.0. The molecular formula is C16H18N4O. The second kappa shape index (κ2) is 5.09. The van der Waals surface area contributed by atoms with Crippen molar-refractivity contribution in [3.8, 4) is 0 Å². The highest BCUT2D eigenvalue weighted by Crippen LogP contribution is 2.23. The maximum atomic E-state index is 12.5. The van der Waals surface area contributed by atoms with Crippen molar-refractivity contribution in [2.75, 3.05) is 7.05 Å². The summed E-state index contributed by atoms with van der Waals surface area (Å²) in [5, 5.41) is 7.76. The van der Waals surface area contributed by atoms with E-state index in [0.717, 1.165) is 22.2 Å². The normalized spacial score (nSPS) is 11.0. The average molecular weight is 282 g/mol. The Morgan fingerprint density at radius 2 is 2.14 bits per heavy atom. The smallest absolute Gasteiger partial charge is 0.253 e. The Kier molecular flexibility index (Phi) is 3.25. The third-order valence-corrected chi connectivity index (χ3v) is 3.88. The fraction of sp³-hybridized carbons (Fsp3) is 0.250. The van der Waals surface area contributed by atoms with Gasteiger partial charge in [0.25, 0.3) is 5.91 Å². The lowest BCUT2D eigenvalue weighted by atomic mass is 10.1. The number of rotatable bonds is 3. The Morgan fingerprint density at radius 1 is 1.33 bits per heavy atom. The summed E-state index contributed by atoms with van der Waals surface area (Å²) in [7, 11) is 1.80. The summed E-state index contributed by atoms with van der Waals surface area (Å²) < 4.78 is 0. The molecule has 0 aliphatic rings. The first-order valence-corrected chi connectivity index (χ1v) is 6.88. The van der Waals surface area contributed by atoms with Crippen molar-refractivity contribution in [3.05, 3.63) is 53.0 Å². The van der Waals surface area contributed by atoms with E-state index < -0.39 is 0 Å². The number of hydrogen-bond donors (Lipinski definition) is 2. The fourth-order valence-electron chi connectivity index (χ4n) is 2.52. The summed E-state index contributed by atoms with van der Waals surface area (Å²) in [4.78, 5) is 17.5. The average Bonchev–Trinajstić information content (AvgIpc) is 3.07. The monoisotopic (exact) mass is 282 g/mol. The number of H-pyrrole nitrogens is 2. The van der Waals surface area contributed by atoms with Crippen LogP contribution in [0.4, 0.5) is 0 Å². The number of fused-ring (bicyclic) bond motifs is 1. The molecule has 3 rings (SSSR count). The van der Waals surface area contributed by atoms with Gasteiger partial charge in [-0.15, -0.1) is 0 Å². The minimum absolute atomic E-state index is 0.0105. The van der Waals surface area contributed by atoms with Crippen LogP contribution in [-0.2, 0) is 6.54 Å². The molecule has 5 nitrogen and oxygen atoms in total. The van der Waals surface area contributed by atoms with E-state index in [9.17, 15) is 4.79 Å². The predicted molar refractivity (Wildman–Crippen MR) is 82.2 cm³/mol. The summed E-state index contributed by atoms with van der Waals surface area (Å²) in [5.41, 5.74) is 5.09. The van der Waals surface area contributed by atoms with Gasteiger partial charge in [0.2, 0.25) is 0 Å². The Morgan fingerprint density at radius 3 is 2.86 bits per heavy atom. The van der Waals surface area contributed by atoms with E-state index in [1.54, 1.807) is 24.3 Å². The number of aromatic amines is 2. The van der Waals surface area contributed by atoms with Gasteiger partial charge in [0.05, 0.1) is 6.20 Å². The molecule has 0 aliphatic carbocycles. The highest BCUT2D eigenvalue weighted by Gasteiger charge is 2.14. The molecule has 2 aromatic heterocycles. The number of aryl methyl sites for hydroxylation is 2. The molecule has 0 saturated heterocycles. The largest absolute Gasteiger partial charge is 0.358 e. The van der Waals surface area contributed by atoms with Crippen LogP contribution in [0.15, 0.2) is 30.6 Å². The van der Waals surface area contributed by atoms with Gasteiger partial charge >= 0.3 is 0 Å². The van der Waals surface area contributed by atoms with E-state index in [4.69, 9.17) is 0 Å². The first kappa shape index (κ1) is 13.4. The van der Waals surface area contributed by atoms with Crippen LogP contribution in [0.3, 0.4) is 0 Å². The Hall–Kier alpha value is -2.56. The summed E-state index contributed by atoms with van der Waals surface area (Å²) >= 11 is 0. The van der Waals surface area contributed by atoms with Gasteiger partial charge in [0, 0.05) is 47.5 Å². The number of aromatic nitrogens is 3. The molecule has 0 radical (unpaired) electrons. The van der Waals surface area contributed by atoms with Gasteiger partial charge in [-0.05, 0) is 37.6 Å². The number of carbonyl (C=O) groups is 1. The van der Waals surface area contributed by atoms with E-state index in [0.29, 0.717) is 12.1 Å². The number of benzene rings is 1. The van der Waals surface area contributed by atoms with Crippen LogP contribution in [0.25, 0.3) is 10.9 Å². The summed E-state index contributed by atoms with van der Waals surface area (Å²) in [6.45, 7) is 4.65. The van der Waals surface area contributed by atoms with Gasteiger partial charge in [-0.3, -0.25) is 9.89 Å². The van der Waals surface area contributed by atoms with Crippen molar-refractivity contribution in [1.82, 2.24) is 20.1 Å². The minimum atomic E-state index is 0.0105. The molecule has 0 unspecified atom stereocenters. The Balaban J connectivity index is 1.88. The van der Waals surface area contributed by atoms with Crippen molar-refractivity contribution in [3.63, 3.8) is 0 Å². The lowest BCUT2D eigenvalue weighted by Gasteiger charge is -2.16. The molecule has 5 heteroatoms. The van der Waals surface area contributed by atoms with E-state index in [1.165, 1.54) is 5.56 Å². The number of hydrogen-bond acceptors (Lipinski definition) is 2. The molecule has 1 aromatic carbocycles. The first-order chi connectivity index (χ1) is 10.1. The Bertz CT molecular complexity index is 786. The van der Waals surface area contributed by atoms with Gasteiger partial charge in [-0.2, -0.15) is 5.10 Å². The molecule has 108 valence electrons. The van der Waals surface area contributed by atoms with Crippen LogP contribution in [0, 0.1) is 13.8 Å². The van der Waals surface area contributed by atoms with Crippen LogP contribution >= 0.6 is 0 Å². The van der Waals surface area contributed by atoms with Crippen LogP contribution < -0.4 is 0 Å². The van der Waals surface area contributed by atoms with E-state index in [1.807, 2.05) is 25.1 Å². The standard InChI is InChI=1S/C16H18N4O/c1-10-11(2)19-15-5-4-13(6-14(10)15)16(21)20(3)9-12-7-17-18-8-12/h4-8,19H,9H2,1-3H3,(H,17,18). The molecule has 0 bridgehead atoms. The summed E-state index contributed by atoms with van der Waals surface area (Å²) in [5.74, 6) is 0.0105. The number of nitrogens with one attached hydrogen (secondary N) is 2. The number of nitrogens with zero attached hydrogens (tertiary/aromatic N) is 2. The zero-order valence-corrected chi connectivity index (χ0v) is 12.4. The molecule has 2 N–H and O–H groups in total. The molecule has 0 saturated carbocycles. The van der Waals surface area contributed by atoms with Gasteiger partial charge in [0.1, 0.15) is 0 Å². The first-order valence-electron chi connectivity index (χ1n) is 6.88. The predicted octanol–water partition coefficient (Wildman–Crippen LogP) is 2.78. The van der Waals surface area contributed by atoms with Crippen LogP contribution in [-0.4, -0.2) is 33.0 Å². The molecule has 0 spiro atoms. The molecule has 0 aliphatic heterocycles. The van der Waals surface area contributed by atoms with E-state index in [2.05, 4.69) is 22.1 Å². The van der Waals surface area contributed by atoms with Gasteiger partial charge in [-0.1, -0.05) is 0 Å². The van der Waals surface area contributed by atoms with Crippen LogP contribution in [0.1, 0.15) is 27.2 Å². The topological polar surface area (TPSA) is 64.8 Å². The second-order valence-electron chi connectivity index (χ2n) is 5.40. The maximum Gasteiger partial charge on any atom is 0.253 e. The molecule has 0 atom stereocenters. The lowest BCUT2D eigenvalue weighted by molar-refractivity contribution is 0.0785. The molecule has 0 fully saturated rings. The molecule has 2 heterocycles. The highest BCUT2D eigenvalue weighted by molar-refractivity contribution is 5.98. The molecular weight excluding hydrogens is 264 g/mol. The third-order valence-electron chi connectivity index (χ3n) is 3.88. The second-order valence-corrected chi connectivity index (χ2v) is 5.40. The SMILES string of the molecule is Cc1[nH]c2ccc(C(=O)N(C)Cc3cn[nH]c3)cc2c1C. The van der Waals surface area contributed by atoms with E-state index in [-0.39, 0.29) is 5.91 Å². The van der Waals surface area contributed by atoms with Crippen molar-refractivity contribution in [2.24, 2.45) is 0 Å². The third kappa shape index (κ3) is 2.42. The number of carbonyl (C=O) groups excluding carboxylic acids is 1. The molecule has 3 aromatic rings. The Labute approximate surface area is 123 Å². The summed E-state index contributed by atoms with van der Waals surface area (Å²) in [6.07, 6.45) is 3.53. The quantitative estimate of drug-likeness (QED) is 0.775. The van der Waals surface area contributed by atoms with Crippen molar-refractivity contribution >= 4 is 16.8 Å². The summed E-state index contributed by atoms with van der Waals surface area (Å²) in [6, 6.07) is 5.79. The van der Waals surface area contributed by atoms with Crippen LogP contribution in [0.5, 0.6) is 0 Å². The minimum Gasteiger partial charge on any atom is -0.358 e. The maximum absolute atomic E-state index is 12.5. The van der Waals surface area contributed by atoms with Gasteiger partial charge < -0.3 is 9.88 Å². The fourth-order valence-corrected chi connectivity index (χ4v) is 2.52. The molecule has 21 heavy (non-hydrogen) atoms. The van der Waals surface area contributed by atoms with Gasteiger partial charge in [-0.25, -0.2) is 0 Å². The van der Waals surface area contributed by atoms with Gasteiger partial charge in [0.15, 0.2) is 0 Å². The molecule has 1 amide bonds. The van der Waals surface area contributed by atoms with Crippen molar-refractivity contribution < 1.29 is 4.79 Å². The zero-order valence-electron chi connectivity index (χ0n) is 12.4. The van der Waals surface area contributed by atoms with Crippen molar-refractivity contribution in [2.45, 2.75) is 20.4 Å². The van der Waals surface area contributed by atoms with Crippen LogP contribution in [0.2, 0.25) is 0 Å². The highest BCUT2D eigenvalue weighted by atomic mass is 16.2. The lowest BCUT2D eigenvalue weighted by Crippen LogP contribution is -2.25. The number of amides is 1. The van der Waals surface area contributed by atoms with Crippen molar-refractivity contribution in [1.29, 1.82) is 0 Å².